The van der Waals surface area contributed by atoms with Crippen molar-refractivity contribution in [3.63, 3.8) is 0 Å². The van der Waals surface area contributed by atoms with Gasteiger partial charge in [-0.3, -0.25) is 4.79 Å². The summed E-state index contributed by atoms with van der Waals surface area (Å²) in [6, 6.07) is 12.1. The minimum Gasteiger partial charge on any atom is -0.394 e. The molecule has 1 atom stereocenters. The number of carbonyl (C=O) groups excluding carboxylic acids is 1. The van der Waals surface area contributed by atoms with E-state index in [9.17, 15) is 18.7 Å². The van der Waals surface area contributed by atoms with Crippen molar-refractivity contribution in [2.24, 2.45) is 0 Å². The third kappa shape index (κ3) is 4.54. The van der Waals surface area contributed by atoms with Gasteiger partial charge in [-0.2, -0.15) is 0 Å². The maximum absolute atomic E-state index is 13.1. The number of benzene rings is 2. The van der Waals surface area contributed by atoms with Crippen LogP contribution in [0.3, 0.4) is 0 Å². The summed E-state index contributed by atoms with van der Waals surface area (Å²) in [6.45, 7) is -0.217. The zero-order chi connectivity index (χ0) is 15.9. The van der Waals surface area contributed by atoms with Gasteiger partial charge in [0.25, 0.3) is 0 Å². The fraction of sp³-hybridized carbons (Fsp3) is 0.188. The number of amides is 1. The van der Waals surface area contributed by atoms with Gasteiger partial charge in [0.1, 0.15) is 0 Å². The Hall–Kier alpha value is -1.92. The van der Waals surface area contributed by atoms with Gasteiger partial charge < -0.3 is 10.4 Å². The highest BCUT2D eigenvalue weighted by atomic mass is 32.2. The minimum absolute atomic E-state index is 0.0500. The average Bonchev–Trinajstić information content (AvgIpc) is 2.54. The lowest BCUT2D eigenvalue weighted by atomic mass is 10.1. The zero-order valence-electron chi connectivity index (χ0n) is 11.6. The Morgan fingerprint density at radius 1 is 1.14 bits per heavy atom. The normalized spacial score (nSPS) is 12.0. The number of rotatable bonds is 6. The van der Waals surface area contributed by atoms with E-state index in [2.05, 4.69) is 5.32 Å². The number of hydrogen-bond donors (Lipinski definition) is 2. The van der Waals surface area contributed by atoms with Crippen LogP contribution in [-0.2, 0) is 4.79 Å². The molecule has 0 bridgehead atoms. The molecule has 2 aromatic carbocycles. The summed E-state index contributed by atoms with van der Waals surface area (Å²) in [5.41, 5.74) is 0.802. The third-order valence-electron chi connectivity index (χ3n) is 2.98. The van der Waals surface area contributed by atoms with E-state index in [1.165, 1.54) is 6.07 Å². The van der Waals surface area contributed by atoms with Gasteiger partial charge in [0.2, 0.25) is 5.91 Å². The number of hydrogen-bond acceptors (Lipinski definition) is 3. The van der Waals surface area contributed by atoms with Crippen molar-refractivity contribution in [1.82, 2.24) is 5.32 Å². The average molecular weight is 323 g/mol. The van der Waals surface area contributed by atoms with Crippen molar-refractivity contribution in [1.29, 1.82) is 0 Å². The van der Waals surface area contributed by atoms with Gasteiger partial charge in [-0.05, 0) is 23.8 Å². The topological polar surface area (TPSA) is 49.3 Å². The van der Waals surface area contributed by atoms with Crippen molar-refractivity contribution >= 4 is 17.7 Å². The first kappa shape index (κ1) is 16.5. The number of carbonyl (C=O) groups is 1. The summed E-state index contributed by atoms with van der Waals surface area (Å²) in [7, 11) is 0. The molecule has 0 aliphatic heterocycles. The standard InChI is InChI=1S/C16H15F2NO2S/c17-13-7-6-12(8-14(13)18)22-10-16(21)19-15(9-20)11-4-2-1-3-5-11/h1-8,15,20H,9-10H2,(H,19,21). The highest BCUT2D eigenvalue weighted by Crippen LogP contribution is 2.20. The second-order valence-corrected chi connectivity index (χ2v) is 5.63. The minimum atomic E-state index is -0.942. The van der Waals surface area contributed by atoms with E-state index in [-0.39, 0.29) is 18.3 Å². The van der Waals surface area contributed by atoms with Gasteiger partial charge in [-0.25, -0.2) is 8.78 Å². The first-order chi connectivity index (χ1) is 10.6. The predicted molar refractivity (Wildman–Crippen MR) is 81.5 cm³/mol. The predicted octanol–water partition coefficient (Wildman–Crippen LogP) is 2.91. The molecule has 116 valence electrons. The molecule has 0 aliphatic rings. The number of nitrogens with one attached hydrogen (secondary N) is 1. The van der Waals surface area contributed by atoms with Crippen molar-refractivity contribution in [3.05, 3.63) is 65.7 Å². The molecule has 0 spiro atoms. The summed E-state index contributed by atoms with van der Waals surface area (Å²) in [5, 5.41) is 12.1. The molecule has 0 fully saturated rings. The van der Waals surface area contributed by atoms with Crippen LogP contribution in [0.2, 0.25) is 0 Å². The Balaban J connectivity index is 1.90. The molecular weight excluding hydrogens is 308 g/mol. The molecule has 3 nitrogen and oxygen atoms in total. The summed E-state index contributed by atoms with van der Waals surface area (Å²) in [6.07, 6.45) is 0. The number of halogens is 2. The van der Waals surface area contributed by atoms with E-state index in [0.717, 1.165) is 29.5 Å². The van der Waals surface area contributed by atoms with Crippen molar-refractivity contribution < 1.29 is 18.7 Å². The molecule has 0 aliphatic carbocycles. The van der Waals surface area contributed by atoms with Crippen LogP contribution in [0.15, 0.2) is 53.4 Å². The molecule has 0 heterocycles. The Morgan fingerprint density at radius 2 is 1.86 bits per heavy atom. The summed E-state index contributed by atoms with van der Waals surface area (Å²) in [4.78, 5) is 12.4. The number of aliphatic hydroxyl groups is 1. The first-order valence-electron chi connectivity index (χ1n) is 6.63. The van der Waals surface area contributed by atoms with Gasteiger partial charge in [0.05, 0.1) is 18.4 Å². The van der Waals surface area contributed by atoms with Gasteiger partial charge in [0, 0.05) is 4.90 Å². The highest BCUT2D eigenvalue weighted by molar-refractivity contribution is 8.00. The van der Waals surface area contributed by atoms with Crippen molar-refractivity contribution in [2.45, 2.75) is 10.9 Å². The van der Waals surface area contributed by atoms with Crippen LogP contribution in [0.1, 0.15) is 11.6 Å². The van der Waals surface area contributed by atoms with E-state index in [1.807, 2.05) is 30.3 Å². The Bertz CT molecular complexity index is 637. The van der Waals surface area contributed by atoms with Gasteiger partial charge in [-0.15, -0.1) is 11.8 Å². The molecule has 0 radical (unpaired) electrons. The lowest BCUT2D eigenvalue weighted by Crippen LogP contribution is -2.32. The third-order valence-corrected chi connectivity index (χ3v) is 3.97. The quantitative estimate of drug-likeness (QED) is 0.804. The second kappa shape index (κ2) is 7.91. The molecule has 1 amide bonds. The summed E-state index contributed by atoms with van der Waals surface area (Å²) >= 11 is 1.10. The fourth-order valence-corrected chi connectivity index (χ4v) is 2.60. The van der Waals surface area contributed by atoms with E-state index < -0.39 is 17.7 Å². The van der Waals surface area contributed by atoms with E-state index in [4.69, 9.17) is 0 Å². The van der Waals surface area contributed by atoms with Crippen LogP contribution < -0.4 is 5.32 Å². The molecule has 22 heavy (non-hydrogen) atoms. The Kier molecular flexibility index (Phi) is 5.91. The second-order valence-electron chi connectivity index (χ2n) is 4.58. The molecule has 2 aromatic rings. The SMILES string of the molecule is O=C(CSc1ccc(F)c(F)c1)NC(CO)c1ccccc1. The number of aliphatic hydroxyl groups excluding tert-OH is 1. The van der Waals surface area contributed by atoms with E-state index in [1.54, 1.807) is 0 Å². The van der Waals surface area contributed by atoms with Crippen LogP contribution in [0.25, 0.3) is 0 Å². The number of thioether (sulfide) groups is 1. The monoisotopic (exact) mass is 323 g/mol. The van der Waals surface area contributed by atoms with Gasteiger partial charge >= 0.3 is 0 Å². The van der Waals surface area contributed by atoms with Crippen LogP contribution in [0, 0.1) is 11.6 Å². The Labute approximate surface area is 131 Å². The molecular formula is C16H15F2NO2S. The Morgan fingerprint density at radius 3 is 2.50 bits per heavy atom. The molecule has 6 heteroatoms. The van der Waals surface area contributed by atoms with E-state index >= 15 is 0 Å². The maximum Gasteiger partial charge on any atom is 0.230 e. The largest absolute Gasteiger partial charge is 0.394 e. The highest BCUT2D eigenvalue weighted by Gasteiger charge is 2.13. The van der Waals surface area contributed by atoms with Crippen LogP contribution in [-0.4, -0.2) is 23.4 Å². The van der Waals surface area contributed by atoms with E-state index in [0.29, 0.717) is 4.90 Å². The lowest BCUT2D eigenvalue weighted by Gasteiger charge is -2.16. The molecule has 0 aromatic heterocycles. The summed E-state index contributed by atoms with van der Waals surface area (Å²) in [5.74, 6) is -2.10. The lowest BCUT2D eigenvalue weighted by molar-refractivity contribution is -0.119. The van der Waals surface area contributed by atoms with Gasteiger partial charge in [0.15, 0.2) is 11.6 Å². The van der Waals surface area contributed by atoms with Crippen molar-refractivity contribution in [2.75, 3.05) is 12.4 Å². The maximum atomic E-state index is 13.1. The smallest absolute Gasteiger partial charge is 0.230 e. The molecule has 0 saturated heterocycles. The summed E-state index contributed by atoms with van der Waals surface area (Å²) < 4.78 is 25.9. The van der Waals surface area contributed by atoms with Crippen LogP contribution in [0.5, 0.6) is 0 Å². The fourth-order valence-electron chi connectivity index (χ4n) is 1.87. The first-order valence-corrected chi connectivity index (χ1v) is 7.61. The van der Waals surface area contributed by atoms with Gasteiger partial charge in [-0.1, -0.05) is 30.3 Å². The van der Waals surface area contributed by atoms with Crippen LogP contribution in [0.4, 0.5) is 8.78 Å². The zero-order valence-corrected chi connectivity index (χ0v) is 12.4. The molecule has 1 unspecified atom stereocenters. The molecule has 2 N–H and O–H groups in total. The molecule has 0 saturated carbocycles. The molecule has 2 rings (SSSR count). The van der Waals surface area contributed by atoms with Crippen molar-refractivity contribution in [3.8, 4) is 0 Å². The van der Waals surface area contributed by atoms with Crippen LogP contribution >= 0.6 is 11.8 Å².